The number of nitrogens with one attached hydrogen (secondary N) is 1. The minimum atomic E-state index is -5.27. The van der Waals surface area contributed by atoms with Gasteiger partial charge < -0.3 is 24.2 Å². The van der Waals surface area contributed by atoms with Crippen LogP contribution in [0.3, 0.4) is 0 Å². The van der Waals surface area contributed by atoms with E-state index in [1.165, 1.54) is 19.1 Å². The molecule has 0 heterocycles. The van der Waals surface area contributed by atoms with Crippen LogP contribution in [0.15, 0.2) is 24.3 Å². The monoisotopic (exact) mass is 465 g/mol. The average molecular weight is 465 g/mol. The van der Waals surface area contributed by atoms with Gasteiger partial charge in [-0.1, -0.05) is 31.2 Å². The first-order valence-electron chi connectivity index (χ1n) is 9.68. The number of halogens is 2. The normalized spacial score (nSPS) is 16.0. The smallest absolute Gasteiger partial charge is 0.408 e. The number of hydrogen-bond acceptors (Lipinski definition) is 6. The molecule has 0 aromatic heterocycles. The van der Waals surface area contributed by atoms with E-state index in [1.807, 2.05) is 0 Å². The molecule has 0 fully saturated rings. The largest absolute Gasteiger partial charge is 0.467 e. The molecule has 11 heteroatoms. The molecule has 2 N–H and O–H groups in total. The van der Waals surface area contributed by atoms with Crippen LogP contribution in [0.2, 0.25) is 0 Å². The molecule has 8 nitrogen and oxygen atoms in total. The zero-order valence-corrected chi connectivity index (χ0v) is 19.4. The van der Waals surface area contributed by atoms with E-state index in [1.54, 1.807) is 27.7 Å². The Hall–Kier alpha value is -2.03. The number of hydrogen-bond donors (Lipinski definition) is 2. The summed E-state index contributed by atoms with van der Waals surface area (Å²) in [5.74, 6) is -0.748. The maximum atomic E-state index is 14.6. The summed E-state index contributed by atoms with van der Waals surface area (Å²) < 4.78 is 55.6. The van der Waals surface area contributed by atoms with E-state index < -0.39 is 48.6 Å². The molecule has 0 aliphatic rings. The van der Waals surface area contributed by atoms with Crippen molar-refractivity contribution < 1.29 is 41.8 Å². The second-order valence-corrected chi connectivity index (χ2v) is 9.82. The molecule has 1 rings (SSSR count). The zero-order valence-electron chi connectivity index (χ0n) is 18.5. The highest BCUT2D eigenvalue weighted by molar-refractivity contribution is 7.53. The number of methoxy groups -OCH3 is 1. The van der Waals surface area contributed by atoms with Crippen molar-refractivity contribution in [2.45, 2.75) is 70.9 Å². The van der Waals surface area contributed by atoms with E-state index in [-0.39, 0.29) is 6.42 Å². The van der Waals surface area contributed by atoms with Gasteiger partial charge in [0.05, 0.1) is 13.2 Å². The fourth-order valence-electron chi connectivity index (χ4n) is 2.41. The van der Waals surface area contributed by atoms with Crippen LogP contribution in [0, 0.1) is 0 Å². The first-order chi connectivity index (χ1) is 14.1. The van der Waals surface area contributed by atoms with E-state index in [0.717, 1.165) is 19.2 Å². The number of ether oxygens (including phenoxy) is 2. The molecular weight excluding hydrogens is 435 g/mol. The maximum Gasteiger partial charge on any atom is 0.408 e. The lowest BCUT2D eigenvalue weighted by atomic mass is 10.0. The second-order valence-electron chi connectivity index (χ2n) is 8.01. The molecule has 31 heavy (non-hydrogen) atoms. The van der Waals surface area contributed by atoms with Gasteiger partial charge in [0.25, 0.3) is 0 Å². The average Bonchev–Trinajstić information content (AvgIpc) is 2.65. The number of carbonyl (C=O) groups excluding carboxylic acids is 2. The van der Waals surface area contributed by atoms with Crippen LogP contribution in [-0.4, -0.2) is 41.8 Å². The van der Waals surface area contributed by atoms with E-state index in [9.17, 15) is 27.8 Å². The molecule has 0 radical (unpaired) electrons. The topological polar surface area (TPSA) is 111 Å². The first kappa shape index (κ1) is 27.0. The van der Waals surface area contributed by atoms with Crippen LogP contribution in [0.1, 0.15) is 52.2 Å². The lowest BCUT2D eigenvalue weighted by Crippen LogP contribution is -2.45. The van der Waals surface area contributed by atoms with Gasteiger partial charge in [-0.05, 0) is 39.7 Å². The third kappa shape index (κ3) is 7.87. The highest BCUT2D eigenvalue weighted by atomic mass is 31.2. The van der Waals surface area contributed by atoms with Crippen LogP contribution < -0.4 is 5.32 Å². The van der Waals surface area contributed by atoms with Crippen molar-refractivity contribution in [1.29, 1.82) is 0 Å². The summed E-state index contributed by atoms with van der Waals surface area (Å²) in [5.41, 5.74) is -5.21. The Labute approximate surface area is 180 Å². The minimum absolute atomic E-state index is 0.0715. The van der Waals surface area contributed by atoms with Crippen molar-refractivity contribution in [2.24, 2.45) is 0 Å². The van der Waals surface area contributed by atoms with Gasteiger partial charge in [-0.25, -0.2) is 9.59 Å². The number of benzene rings is 1. The fourth-order valence-corrected chi connectivity index (χ4v) is 3.65. The number of esters is 1. The minimum Gasteiger partial charge on any atom is -0.467 e. The molecule has 0 aliphatic heterocycles. The van der Waals surface area contributed by atoms with Gasteiger partial charge in [0.2, 0.25) is 0 Å². The van der Waals surface area contributed by atoms with Crippen molar-refractivity contribution in [3.05, 3.63) is 35.4 Å². The molecule has 0 aliphatic carbocycles. The molecular formula is C20H30F2NO7P. The Morgan fingerprint density at radius 1 is 1.19 bits per heavy atom. The highest BCUT2D eigenvalue weighted by Crippen LogP contribution is 2.63. The third-order valence-corrected chi connectivity index (χ3v) is 5.78. The summed E-state index contributed by atoms with van der Waals surface area (Å²) in [6, 6.07) is 3.35. The van der Waals surface area contributed by atoms with Crippen molar-refractivity contribution in [3.8, 4) is 0 Å². The van der Waals surface area contributed by atoms with Crippen LogP contribution in [-0.2, 0) is 35.4 Å². The number of amides is 1. The number of alkyl carbamates (subject to hydrolysis) is 1. The van der Waals surface area contributed by atoms with Gasteiger partial charge in [0.1, 0.15) is 11.6 Å². The molecule has 1 amide bonds. The van der Waals surface area contributed by atoms with Crippen LogP contribution in [0.4, 0.5) is 13.6 Å². The van der Waals surface area contributed by atoms with Gasteiger partial charge >= 0.3 is 25.3 Å². The quantitative estimate of drug-likeness (QED) is 0.412. The van der Waals surface area contributed by atoms with Crippen molar-refractivity contribution >= 4 is 19.7 Å². The Morgan fingerprint density at radius 3 is 2.19 bits per heavy atom. The zero-order chi connectivity index (χ0) is 24.0. The lowest BCUT2D eigenvalue weighted by Gasteiger charge is -2.25. The lowest BCUT2D eigenvalue weighted by molar-refractivity contribution is -0.143. The number of rotatable bonds is 9. The van der Waals surface area contributed by atoms with Crippen molar-refractivity contribution in [3.63, 3.8) is 0 Å². The fraction of sp³-hybridized carbons (Fsp3) is 0.600. The van der Waals surface area contributed by atoms with Gasteiger partial charge in [0, 0.05) is 12.0 Å². The van der Waals surface area contributed by atoms with Gasteiger partial charge in [-0.2, -0.15) is 8.78 Å². The molecule has 176 valence electrons. The van der Waals surface area contributed by atoms with Crippen molar-refractivity contribution in [1.82, 2.24) is 5.32 Å². The summed E-state index contributed by atoms with van der Waals surface area (Å²) in [7, 11) is -4.13. The molecule has 3 unspecified atom stereocenters. The maximum absolute atomic E-state index is 14.6. The summed E-state index contributed by atoms with van der Waals surface area (Å²) >= 11 is 0. The van der Waals surface area contributed by atoms with E-state index in [4.69, 9.17) is 4.74 Å². The molecule has 0 spiro atoms. The van der Waals surface area contributed by atoms with Crippen LogP contribution >= 0.6 is 7.60 Å². The summed E-state index contributed by atoms with van der Waals surface area (Å²) in [5, 5.41) is 2.38. The van der Waals surface area contributed by atoms with Crippen LogP contribution in [0.5, 0.6) is 0 Å². The summed E-state index contributed by atoms with van der Waals surface area (Å²) in [6.45, 7) is 8.03. The van der Waals surface area contributed by atoms with Gasteiger partial charge in [-0.15, -0.1) is 0 Å². The Morgan fingerprint density at radius 2 is 1.74 bits per heavy atom. The SMILES string of the molecule is CCC(C)OP(=O)(O)C(F)(F)c1ccc(CC(NC(=O)OC(C)(C)C)C(=O)OC)cc1. The highest BCUT2D eigenvalue weighted by Gasteiger charge is 2.53. The number of carbonyl (C=O) groups is 2. The van der Waals surface area contributed by atoms with E-state index >= 15 is 0 Å². The molecule has 1 aromatic carbocycles. The molecule has 1 aromatic rings. The van der Waals surface area contributed by atoms with Crippen molar-refractivity contribution in [2.75, 3.05) is 7.11 Å². The number of alkyl halides is 2. The predicted molar refractivity (Wildman–Crippen MR) is 110 cm³/mol. The van der Waals surface area contributed by atoms with E-state index in [0.29, 0.717) is 12.0 Å². The molecule has 0 bridgehead atoms. The van der Waals surface area contributed by atoms with E-state index in [2.05, 4.69) is 14.6 Å². The predicted octanol–water partition coefficient (Wildman–Crippen LogP) is 4.35. The molecule has 3 atom stereocenters. The summed E-state index contributed by atoms with van der Waals surface area (Å²) in [4.78, 5) is 33.8. The Kier molecular flexibility index (Phi) is 9.17. The Balaban J connectivity index is 3.00. The Bertz CT molecular complexity index is 809. The molecule has 0 saturated heterocycles. The third-order valence-electron chi connectivity index (χ3n) is 4.17. The summed E-state index contributed by atoms with van der Waals surface area (Å²) in [6.07, 6.45) is -1.44. The molecule has 0 saturated carbocycles. The van der Waals surface area contributed by atoms with Gasteiger partial charge in [0.15, 0.2) is 0 Å². The standard InChI is InChI=1S/C20H30F2NO7P/c1-7-13(2)30-31(26,27)20(21,22)15-10-8-14(9-11-15)12-16(17(24)28-6)23-18(25)29-19(3,4)5/h8-11,13,16H,7,12H2,1-6H3,(H,23,25)(H,26,27). The van der Waals surface area contributed by atoms with Crippen LogP contribution in [0.25, 0.3) is 0 Å². The second kappa shape index (κ2) is 10.5. The first-order valence-corrected chi connectivity index (χ1v) is 11.3. The van der Waals surface area contributed by atoms with Gasteiger partial charge in [-0.3, -0.25) is 4.57 Å².